The zero-order valence-electron chi connectivity index (χ0n) is 14.2. The predicted molar refractivity (Wildman–Crippen MR) is 87.8 cm³/mol. The van der Waals surface area contributed by atoms with Crippen LogP contribution in [-0.4, -0.2) is 16.9 Å². The third-order valence-electron chi connectivity index (χ3n) is 7.95. The maximum absolute atomic E-state index is 13.0. The second-order valence-electron chi connectivity index (χ2n) is 8.78. The van der Waals surface area contributed by atoms with Gasteiger partial charge in [0.25, 0.3) is 0 Å². The molecule has 2 bridgehead atoms. The average Bonchev–Trinajstić information content (AvgIpc) is 2.68. The molecule has 1 spiro atoms. The Bertz CT molecular complexity index is 660. The van der Waals surface area contributed by atoms with E-state index in [1.165, 1.54) is 0 Å². The maximum atomic E-state index is 13.0. The number of hydrogen-bond donors (Lipinski definition) is 1. The van der Waals surface area contributed by atoms with Gasteiger partial charge in [0.15, 0.2) is 5.78 Å². The van der Waals surface area contributed by atoms with Crippen LogP contribution in [0.1, 0.15) is 58.8 Å². The van der Waals surface area contributed by atoms with E-state index in [4.69, 9.17) is 0 Å². The summed E-state index contributed by atoms with van der Waals surface area (Å²) in [6.45, 7) is 8.25. The normalized spacial score (nSPS) is 48.5. The summed E-state index contributed by atoms with van der Waals surface area (Å²) in [4.78, 5) is 25.0. The number of hydrogen-bond acceptors (Lipinski definition) is 2. The summed E-state index contributed by atoms with van der Waals surface area (Å²) in [5, 5.41) is 9.88. The molecule has 1 N–H and O–H groups in total. The first-order chi connectivity index (χ1) is 10.8. The molecular weight excluding hydrogens is 288 g/mol. The molecule has 0 aliphatic heterocycles. The summed E-state index contributed by atoms with van der Waals surface area (Å²) in [6.07, 6.45) is 8.59. The van der Waals surface area contributed by atoms with Gasteiger partial charge in [-0.05, 0) is 68.3 Å². The summed E-state index contributed by atoms with van der Waals surface area (Å²) in [5.41, 5.74) is 0.826. The molecule has 23 heavy (non-hydrogen) atoms. The van der Waals surface area contributed by atoms with Gasteiger partial charge in [0.1, 0.15) is 0 Å². The molecule has 3 heteroatoms. The number of Topliss-reactive ketones (excluding diaryl/α,β-unsaturated/α-hetero) is 1. The second-order valence-corrected chi connectivity index (χ2v) is 8.78. The Morgan fingerprint density at radius 2 is 1.96 bits per heavy atom. The first kappa shape index (κ1) is 15.2. The van der Waals surface area contributed by atoms with Crippen molar-refractivity contribution in [1.29, 1.82) is 0 Å². The minimum absolute atomic E-state index is 0.0497. The van der Waals surface area contributed by atoms with Crippen molar-refractivity contribution in [1.82, 2.24) is 0 Å². The number of fused-ring (bicyclic) bond motifs is 2. The largest absolute Gasteiger partial charge is 0.481 e. The van der Waals surface area contributed by atoms with E-state index in [9.17, 15) is 14.7 Å². The Hall–Kier alpha value is -1.38. The van der Waals surface area contributed by atoms with Crippen LogP contribution in [0.4, 0.5) is 0 Å². The summed E-state index contributed by atoms with van der Waals surface area (Å²) in [6, 6.07) is 0. The number of allylic oxidation sites excluding steroid dienone is 3. The van der Waals surface area contributed by atoms with Gasteiger partial charge in [0.2, 0.25) is 0 Å². The van der Waals surface area contributed by atoms with Gasteiger partial charge in [0.05, 0.1) is 10.8 Å². The lowest BCUT2D eigenvalue weighted by atomic mass is 9.41. The van der Waals surface area contributed by atoms with Crippen molar-refractivity contribution >= 4 is 11.8 Å². The number of ketones is 1. The van der Waals surface area contributed by atoms with Crippen molar-refractivity contribution in [2.75, 3.05) is 0 Å². The summed E-state index contributed by atoms with van der Waals surface area (Å²) in [7, 11) is 0. The molecule has 0 amide bonds. The molecule has 124 valence electrons. The number of aliphatic carboxylic acids is 1. The van der Waals surface area contributed by atoms with Gasteiger partial charge in [-0.25, -0.2) is 0 Å². The lowest BCUT2D eigenvalue weighted by Gasteiger charge is -2.61. The molecule has 4 aliphatic carbocycles. The van der Waals surface area contributed by atoms with Crippen molar-refractivity contribution in [3.63, 3.8) is 0 Å². The number of carbonyl (C=O) groups is 2. The van der Waals surface area contributed by atoms with Crippen molar-refractivity contribution in [3.05, 3.63) is 23.8 Å². The highest BCUT2D eigenvalue weighted by atomic mass is 16.4. The quantitative estimate of drug-likeness (QED) is 0.740. The van der Waals surface area contributed by atoms with Gasteiger partial charge in [-0.3, -0.25) is 9.59 Å². The average molecular weight is 314 g/mol. The highest BCUT2D eigenvalue weighted by molar-refractivity contribution is 6.08. The van der Waals surface area contributed by atoms with Crippen LogP contribution < -0.4 is 0 Å². The zero-order chi connectivity index (χ0) is 16.6. The fourth-order valence-corrected chi connectivity index (χ4v) is 6.82. The minimum Gasteiger partial charge on any atom is -0.481 e. The number of carboxylic acids is 1. The molecule has 0 radical (unpaired) electrons. The first-order valence-electron chi connectivity index (χ1n) is 8.95. The molecular formula is C20H26O3. The van der Waals surface area contributed by atoms with Crippen LogP contribution in [0.5, 0.6) is 0 Å². The van der Waals surface area contributed by atoms with Crippen LogP contribution in [0.3, 0.4) is 0 Å². The molecule has 0 saturated heterocycles. The van der Waals surface area contributed by atoms with Crippen LogP contribution in [0.2, 0.25) is 0 Å². The van der Waals surface area contributed by atoms with Gasteiger partial charge < -0.3 is 5.11 Å². The van der Waals surface area contributed by atoms with Crippen LogP contribution in [0.25, 0.3) is 0 Å². The maximum Gasteiger partial charge on any atom is 0.309 e. The third kappa shape index (κ3) is 1.61. The molecule has 0 unspecified atom stereocenters. The molecule has 0 aromatic carbocycles. The lowest BCUT2D eigenvalue weighted by Crippen LogP contribution is -2.59. The summed E-state index contributed by atoms with van der Waals surface area (Å²) in [5.74, 6) is 0.0348. The van der Waals surface area contributed by atoms with Crippen LogP contribution in [-0.2, 0) is 9.59 Å². The highest BCUT2D eigenvalue weighted by Crippen LogP contribution is 2.69. The van der Waals surface area contributed by atoms with E-state index in [0.717, 1.165) is 56.1 Å². The topological polar surface area (TPSA) is 54.4 Å². The zero-order valence-corrected chi connectivity index (χ0v) is 14.2. The highest BCUT2D eigenvalue weighted by Gasteiger charge is 2.66. The summed E-state index contributed by atoms with van der Waals surface area (Å²) >= 11 is 0. The smallest absolute Gasteiger partial charge is 0.309 e. The lowest BCUT2D eigenvalue weighted by molar-refractivity contribution is -0.175. The standard InChI is InChI=1S/C20H26O3/c1-12-13-5-6-15-18(2)8-4-9-19(3,17(22)23)14(18)7-10-20(15,11-13)16(12)21/h11,14-15H,1,4-10H2,2-3H3,(H,22,23)/t14-,15-,18+,19-,20+/m0/s1. The molecule has 5 atom stereocenters. The third-order valence-corrected chi connectivity index (χ3v) is 7.95. The van der Waals surface area contributed by atoms with Gasteiger partial charge in [-0.2, -0.15) is 0 Å². The van der Waals surface area contributed by atoms with Crippen LogP contribution in [0.15, 0.2) is 23.8 Å². The van der Waals surface area contributed by atoms with E-state index < -0.39 is 11.4 Å². The Morgan fingerprint density at radius 3 is 2.65 bits per heavy atom. The monoisotopic (exact) mass is 314 g/mol. The number of carboxylic acid groups (broad SMARTS) is 1. The molecule has 4 rings (SSSR count). The van der Waals surface area contributed by atoms with Crippen LogP contribution >= 0.6 is 0 Å². The molecule has 4 aliphatic rings. The molecule has 2 fully saturated rings. The Kier molecular flexibility index (Phi) is 2.88. The van der Waals surface area contributed by atoms with Crippen molar-refractivity contribution in [2.45, 2.75) is 58.8 Å². The molecule has 0 aromatic rings. The van der Waals surface area contributed by atoms with E-state index in [1.807, 2.05) is 6.92 Å². The van der Waals surface area contributed by atoms with Gasteiger partial charge in [-0.1, -0.05) is 26.0 Å². The van der Waals surface area contributed by atoms with E-state index in [-0.39, 0.29) is 28.4 Å². The molecule has 2 saturated carbocycles. The number of rotatable bonds is 1. The first-order valence-corrected chi connectivity index (χ1v) is 8.95. The molecule has 0 aromatic heterocycles. The Morgan fingerprint density at radius 1 is 1.22 bits per heavy atom. The van der Waals surface area contributed by atoms with Gasteiger partial charge in [0, 0.05) is 5.57 Å². The molecule has 3 nitrogen and oxygen atoms in total. The van der Waals surface area contributed by atoms with E-state index in [2.05, 4.69) is 19.6 Å². The van der Waals surface area contributed by atoms with Gasteiger partial charge >= 0.3 is 5.97 Å². The minimum atomic E-state index is -0.654. The summed E-state index contributed by atoms with van der Waals surface area (Å²) < 4.78 is 0. The van der Waals surface area contributed by atoms with Crippen LogP contribution in [0, 0.1) is 28.1 Å². The Labute approximate surface area is 137 Å². The Balaban J connectivity index is 1.82. The van der Waals surface area contributed by atoms with E-state index in [0.29, 0.717) is 0 Å². The van der Waals surface area contributed by atoms with E-state index in [1.54, 1.807) is 0 Å². The van der Waals surface area contributed by atoms with Gasteiger partial charge in [-0.15, -0.1) is 0 Å². The van der Waals surface area contributed by atoms with E-state index >= 15 is 0 Å². The SMILES string of the molecule is C=C1C(=O)[C@]23C=C1CC[C@H]2[C@]1(C)CCC[C@](C)(C(=O)O)[C@H]1CC3. The number of carbonyl (C=O) groups excluding carboxylic acids is 1. The van der Waals surface area contributed by atoms with Crippen molar-refractivity contribution < 1.29 is 14.7 Å². The predicted octanol–water partition coefficient (Wildman–Crippen LogP) is 4.14. The van der Waals surface area contributed by atoms with Crippen molar-refractivity contribution in [3.8, 4) is 0 Å². The fraction of sp³-hybridized carbons (Fsp3) is 0.700. The molecule has 0 heterocycles. The van der Waals surface area contributed by atoms with Crippen molar-refractivity contribution in [2.24, 2.45) is 28.1 Å². The fourth-order valence-electron chi connectivity index (χ4n) is 6.82. The second kappa shape index (κ2) is 4.37.